The Balaban J connectivity index is 0. The zero-order valence-corrected chi connectivity index (χ0v) is 13.5. The Morgan fingerprint density at radius 2 is 1.31 bits per heavy atom. The lowest BCUT2D eigenvalue weighted by Gasteiger charge is -2.26. The molecule has 100 valence electrons. The molecule has 1 atom stereocenters. The van der Waals surface area contributed by atoms with Crippen LogP contribution in [0.15, 0.2) is 0 Å². The molecule has 1 unspecified atom stereocenters. The molecule has 0 aliphatic rings. The summed E-state index contributed by atoms with van der Waals surface area (Å²) in [5, 5.41) is 0. The number of halogens is 1. The van der Waals surface area contributed by atoms with Gasteiger partial charge in [0.2, 0.25) is 0 Å². The van der Waals surface area contributed by atoms with E-state index in [1.165, 1.54) is 44.9 Å². The highest BCUT2D eigenvalue weighted by Gasteiger charge is 2.17. The van der Waals surface area contributed by atoms with Crippen LogP contribution in [0.3, 0.4) is 0 Å². The Kier molecular flexibility index (Phi) is 16.4. The minimum atomic E-state index is 0. The van der Waals surface area contributed by atoms with E-state index in [0.29, 0.717) is 7.92 Å². The second-order valence-corrected chi connectivity index (χ2v) is 7.40. The fourth-order valence-corrected chi connectivity index (χ4v) is 5.72. The van der Waals surface area contributed by atoms with Crippen molar-refractivity contribution in [3.8, 4) is 0 Å². The Morgan fingerprint density at radius 1 is 0.812 bits per heavy atom. The van der Waals surface area contributed by atoms with Crippen LogP contribution in [0.2, 0.25) is 0 Å². The third kappa shape index (κ3) is 8.82. The molecule has 0 nitrogen and oxygen atoms in total. The van der Waals surface area contributed by atoms with Gasteiger partial charge in [0.05, 0.1) is 0 Å². The van der Waals surface area contributed by atoms with Gasteiger partial charge >= 0.3 is 0 Å². The van der Waals surface area contributed by atoms with Gasteiger partial charge in [-0.05, 0) is 43.7 Å². The van der Waals surface area contributed by atoms with Crippen LogP contribution in [-0.4, -0.2) is 18.0 Å². The monoisotopic (exact) mass is 266 g/mol. The minimum absolute atomic E-state index is 0. The van der Waals surface area contributed by atoms with Crippen molar-refractivity contribution in [2.45, 2.75) is 78.3 Å². The van der Waals surface area contributed by atoms with Gasteiger partial charge in [0.25, 0.3) is 0 Å². The van der Waals surface area contributed by atoms with Crippen molar-refractivity contribution in [2.75, 3.05) is 12.3 Å². The Labute approximate surface area is 111 Å². The molecule has 0 bridgehead atoms. The van der Waals surface area contributed by atoms with Crippen LogP contribution in [0.1, 0.15) is 72.6 Å². The Hall–Kier alpha value is 0.720. The molecule has 0 radical (unpaired) electrons. The summed E-state index contributed by atoms with van der Waals surface area (Å²) in [5.74, 6) is 0. The first-order valence-electron chi connectivity index (χ1n) is 7.04. The van der Waals surface area contributed by atoms with Gasteiger partial charge in [0.1, 0.15) is 0 Å². The average molecular weight is 267 g/mol. The van der Waals surface area contributed by atoms with Crippen LogP contribution in [0.25, 0.3) is 0 Å². The average Bonchev–Trinajstić information content (AvgIpc) is 2.27. The first kappa shape index (κ1) is 19.1. The molecular formula is C14H32ClP. The third-order valence-electron chi connectivity index (χ3n) is 3.21. The highest BCUT2D eigenvalue weighted by molar-refractivity contribution is 7.58. The predicted molar refractivity (Wildman–Crippen MR) is 82.7 cm³/mol. The summed E-state index contributed by atoms with van der Waals surface area (Å²) in [4.78, 5) is 0. The molecule has 0 N–H and O–H groups in total. The van der Waals surface area contributed by atoms with Crippen molar-refractivity contribution >= 4 is 20.3 Å². The molecule has 0 aliphatic heterocycles. The summed E-state index contributed by atoms with van der Waals surface area (Å²) in [5.41, 5.74) is 1.07. The van der Waals surface area contributed by atoms with Crippen LogP contribution in [0.4, 0.5) is 0 Å². The van der Waals surface area contributed by atoms with Gasteiger partial charge in [0, 0.05) is 0 Å². The smallest absolute Gasteiger partial charge is 0.0212 e. The maximum atomic E-state index is 2.40. The minimum Gasteiger partial charge on any atom is -0.147 e. The molecule has 16 heavy (non-hydrogen) atoms. The van der Waals surface area contributed by atoms with Crippen molar-refractivity contribution in [2.24, 2.45) is 0 Å². The highest BCUT2D eigenvalue weighted by Crippen LogP contribution is 2.46. The predicted octanol–water partition coefficient (Wildman–Crippen LogP) is 6.07. The van der Waals surface area contributed by atoms with E-state index in [1.54, 1.807) is 12.3 Å². The number of hydrogen-bond acceptors (Lipinski definition) is 0. The van der Waals surface area contributed by atoms with E-state index in [4.69, 9.17) is 0 Å². The van der Waals surface area contributed by atoms with Gasteiger partial charge in [-0.1, -0.05) is 47.0 Å². The van der Waals surface area contributed by atoms with E-state index in [1.807, 2.05) is 0 Å². The number of hydrogen-bond donors (Lipinski definition) is 0. The molecule has 0 aromatic heterocycles. The quantitative estimate of drug-likeness (QED) is 0.421. The molecule has 2 heteroatoms. The maximum absolute atomic E-state index is 2.40. The van der Waals surface area contributed by atoms with E-state index in [2.05, 4.69) is 27.7 Å². The Bertz CT molecular complexity index is 120. The third-order valence-corrected chi connectivity index (χ3v) is 6.64. The van der Waals surface area contributed by atoms with Crippen molar-refractivity contribution < 1.29 is 0 Å². The second-order valence-electron chi connectivity index (χ2n) is 4.59. The SMILES string of the molecule is CCCCP(CCCC)C(CC)CCC.Cl. The molecule has 0 saturated carbocycles. The lowest BCUT2D eigenvalue weighted by atomic mass is 10.2. The molecule has 0 aromatic rings. The van der Waals surface area contributed by atoms with E-state index < -0.39 is 0 Å². The van der Waals surface area contributed by atoms with Crippen molar-refractivity contribution in [3.05, 3.63) is 0 Å². The lowest BCUT2D eigenvalue weighted by molar-refractivity contribution is 0.701. The summed E-state index contributed by atoms with van der Waals surface area (Å²) in [7, 11) is 0.358. The van der Waals surface area contributed by atoms with Gasteiger partial charge in [-0.2, -0.15) is 0 Å². The summed E-state index contributed by atoms with van der Waals surface area (Å²) < 4.78 is 0. The second kappa shape index (κ2) is 13.8. The van der Waals surface area contributed by atoms with Crippen LogP contribution in [0.5, 0.6) is 0 Å². The van der Waals surface area contributed by atoms with Gasteiger partial charge in [-0.25, -0.2) is 0 Å². The van der Waals surface area contributed by atoms with Gasteiger partial charge in [-0.15, -0.1) is 20.3 Å². The zero-order valence-electron chi connectivity index (χ0n) is 11.8. The standard InChI is InChI=1S/C14H31P.ClH/c1-5-9-12-15(13-10-6-2)14(8-4)11-7-3;/h14H,5-13H2,1-4H3;1H. The molecule has 0 amide bonds. The molecule has 0 fully saturated rings. The van der Waals surface area contributed by atoms with Crippen molar-refractivity contribution in [1.29, 1.82) is 0 Å². The summed E-state index contributed by atoms with van der Waals surface area (Å²) in [6, 6.07) is 0. The summed E-state index contributed by atoms with van der Waals surface area (Å²) in [6.07, 6.45) is 13.1. The van der Waals surface area contributed by atoms with Crippen LogP contribution in [0, 0.1) is 0 Å². The highest BCUT2D eigenvalue weighted by atomic mass is 35.5. The summed E-state index contributed by atoms with van der Waals surface area (Å²) >= 11 is 0. The number of rotatable bonds is 10. The normalized spacial score (nSPS) is 12.6. The molecule has 0 aromatic carbocycles. The molecule has 0 saturated heterocycles. The molecule has 0 aliphatic carbocycles. The van der Waals surface area contributed by atoms with Crippen LogP contribution in [-0.2, 0) is 0 Å². The first-order valence-corrected chi connectivity index (χ1v) is 8.82. The zero-order chi connectivity index (χ0) is 11.5. The van der Waals surface area contributed by atoms with E-state index in [0.717, 1.165) is 5.66 Å². The van der Waals surface area contributed by atoms with Gasteiger partial charge < -0.3 is 0 Å². The molecule has 0 heterocycles. The van der Waals surface area contributed by atoms with E-state index in [9.17, 15) is 0 Å². The van der Waals surface area contributed by atoms with Gasteiger partial charge in [-0.3, -0.25) is 0 Å². The van der Waals surface area contributed by atoms with Crippen LogP contribution < -0.4 is 0 Å². The number of unbranched alkanes of at least 4 members (excludes halogenated alkanes) is 2. The van der Waals surface area contributed by atoms with Crippen molar-refractivity contribution in [3.63, 3.8) is 0 Å². The molecule has 0 rings (SSSR count). The van der Waals surface area contributed by atoms with Gasteiger partial charge in [0.15, 0.2) is 0 Å². The topological polar surface area (TPSA) is 0 Å². The largest absolute Gasteiger partial charge is 0.147 e. The molecular weight excluding hydrogens is 235 g/mol. The maximum Gasteiger partial charge on any atom is -0.0212 e. The fourth-order valence-electron chi connectivity index (χ4n) is 2.18. The molecule has 0 spiro atoms. The van der Waals surface area contributed by atoms with Crippen LogP contribution >= 0.6 is 20.3 Å². The van der Waals surface area contributed by atoms with E-state index in [-0.39, 0.29) is 12.4 Å². The van der Waals surface area contributed by atoms with Crippen molar-refractivity contribution in [1.82, 2.24) is 0 Å². The lowest BCUT2D eigenvalue weighted by Crippen LogP contribution is -2.08. The summed E-state index contributed by atoms with van der Waals surface area (Å²) in [6.45, 7) is 9.39. The first-order chi connectivity index (χ1) is 7.29. The Morgan fingerprint density at radius 3 is 1.62 bits per heavy atom. The fraction of sp³-hybridized carbons (Fsp3) is 1.00. The van der Waals surface area contributed by atoms with E-state index >= 15 is 0 Å².